The van der Waals surface area contributed by atoms with E-state index in [1.54, 1.807) is 18.3 Å². The molecule has 0 saturated carbocycles. The van der Waals surface area contributed by atoms with Crippen LogP contribution >= 0.6 is 27.5 Å². The number of anilines is 1. The first-order valence-corrected chi connectivity index (χ1v) is 7.88. The highest BCUT2D eigenvalue weighted by molar-refractivity contribution is 9.10. The maximum atomic E-state index is 12.1. The molecule has 0 bridgehead atoms. The number of pyridine rings is 1. The third-order valence-electron chi connectivity index (χ3n) is 3.31. The summed E-state index contributed by atoms with van der Waals surface area (Å²) in [6.07, 6.45) is 1.57. The molecule has 0 aliphatic carbocycles. The van der Waals surface area contributed by atoms with Crippen LogP contribution in [0.15, 0.2) is 51.9 Å². The van der Waals surface area contributed by atoms with E-state index in [4.69, 9.17) is 11.6 Å². The van der Waals surface area contributed by atoms with Crippen LogP contribution in [0.2, 0.25) is 5.02 Å². The predicted molar refractivity (Wildman–Crippen MR) is 92.7 cm³/mol. The molecule has 3 aromatic rings. The topological polar surface area (TPSA) is 46.4 Å². The number of halogens is 2. The van der Waals surface area contributed by atoms with Gasteiger partial charge in [0.1, 0.15) is 5.65 Å². The van der Waals surface area contributed by atoms with E-state index < -0.39 is 0 Å². The predicted octanol–water partition coefficient (Wildman–Crippen LogP) is 4.03. The summed E-state index contributed by atoms with van der Waals surface area (Å²) in [4.78, 5) is 16.6. The molecule has 1 N–H and O–H groups in total. The number of nitrogens with zero attached hydrogens (tertiary/aromatic N) is 2. The molecule has 4 nitrogen and oxygen atoms in total. The van der Waals surface area contributed by atoms with Crippen molar-refractivity contribution in [3.63, 3.8) is 0 Å². The number of hydrogen-bond donors (Lipinski definition) is 1. The molecule has 112 valence electrons. The number of fused-ring (bicyclic) bond motifs is 1. The Kier molecular flexibility index (Phi) is 4.18. The lowest BCUT2D eigenvalue weighted by Crippen LogP contribution is -2.16. The van der Waals surface area contributed by atoms with Crippen LogP contribution in [0.3, 0.4) is 0 Å². The minimum Gasteiger partial charge on any atom is -0.379 e. The van der Waals surface area contributed by atoms with Crippen molar-refractivity contribution in [1.82, 2.24) is 9.38 Å². The molecule has 0 atom stereocenters. The molecule has 3 rings (SSSR count). The Morgan fingerprint density at radius 2 is 2.09 bits per heavy atom. The number of nitrogens with one attached hydrogen (secondary N) is 1. The van der Waals surface area contributed by atoms with E-state index in [2.05, 4.69) is 26.2 Å². The van der Waals surface area contributed by atoms with E-state index in [9.17, 15) is 4.79 Å². The largest absolute Gasteiger partial charge is 0.379 e. The lowest BCUT2D eigenvalue weighted by atomic mass is 10.2. The zero-order valence-electron chi connectivity index (χ0n) is 11.8. The number of benzene rings is 1. The lowest BCUT2D eigenvalue weighted by molar-refractivity contribution is 0.971. The van der Waals surface area contributed by atoms with Gasteiger partial charge in [0.2, 0.25) is 0 Å². The minimum absolute atomic E-state index is 0.142. The van der Waals surface area contributed by atoms with Crippen molar-refractivity contribution in [2.45, 2.75) is 13.5 Å². The van der Waals surface area contributed by atoms with Gasteiger partial charge in [0.05, 0.1) is 17.3 Å². The van der Waals surface area contributed by atoms with Gasteiger partial charge >= 0.3 is 0 Å². The zero-order chi connectivity index (χ0) is 15.7. The third-order valence-corrected chi connectivity index (χ3v) is 4.42. The highest BCUT2D eigenvalue weighted by Gasteiger charge is 2.04. The van der Waals surface area contributed by atoms with Crippen molar-refractivity contribution in [3.05, 3.63) is 73.7 Å². The molecular weight excluding hydrogens is 366 g/mol. The highest BCUT2D eigenvalue weighted by atomic mass is 79.9. The van der Waals surface area contributed by atoms with Gasteiger partial charge in [-0.2, -0.15) is 0 Å². The summed E-state index contributed by atoms with van der Waals surface area (Å²) in [7, 11) is 0. The van der Waals surface area contributed by atoms with Gasteiger partial charge in [0, 0.05) is 22.4 Å². The van der Waals surface area contributed by atoms with E-state index in [-0.39, 0.29) is 5.56 Å². The number of aryl methyl sites for hydroxylation is 1. The molecule has 22 heavy (non-hydrogen) atoms. The molecule has 0 aliphatic rings. The van der Waals surface area contributed by atoms with Gasteiger partial charge in [-0.05, 0) is 42.8 Å². The van der Waals surface area contributed by atoms with Crippen molar-refractivity contribution in [2.75, 3.05) is 5.32 Å². The average Bonchev–Trinajstić information content (AvgIpc) is 2.49. The van der Waals surface area contributed by atoms with Crippen LogP contribution in [0.1, 0.15) is 11.3 Å². The minimum atomic E-state index is -0.142. The first-order valence-electron chi connectivity index (χ1n) is 6.71. The van der Waals surface area contributed by atoms with Crippen LogP contribution in [-0.2, 0) is 6.54 Å². The monoisotopic (exact) mass is 377 g/mol. The average molecular weight is 379 g/mol. The molecule has 0 fully saturated rings. The van der Waals surface area contributed by atoms with Gasteiger partial charge in [-0.1, -0.05) is 27.5 Å². The third kappa shape index (κ3) is 3.15. The van der Waals surface area contributed by atoms with E-state index >= 15 is 0 Å². The van der Waals surface area contributed by atoms with E-state index in [1.807, 2.05) is 25.1 Å². The Balaban J connectivity index is 1.86. The molecule has 2 heterocycles. The Labute approximate surface area is 140 Å². The van der Waals surface area contributed by atoms with Crippen LogP contribution in [0, 0.1) is 6.92 Å². The standard InChI is InChI=1S/C16H13BrClN3O/c1-10-6-12(3-4-14(10)17)19-8-13-7-16(22)21-9-11(18)2-5-15(21)20-13/h2-7,9,19H,8H2,1H3. The van der Waals surface area contributed by atoms with Gasteiger partial charge in [-0.3, -0.25) is 9.20 Å². The summed E-state index contributed by atoms with van der Waals surface area (Å²) in [5, 5.41) is 3.78. The molecule has 0 radical (unpaired) electrons. The van der Waals surface area contributed by atoms with Crippen molar-refractivity contribution in [3.8, 4) is 0 Å². The number of hydrogen-bond acceptors (Lipinski definition) is 3. The fraction of sp³-hybridized carbons (Fsp3) is 0.125. The molecule has 0 spiro atoms. The lowest BCUT2D eigenvalue weighted by Gasteiger charge is -2.09. The first kappa shape index (κ1) is 15.1. The van der Waals surface area contributed by atoms with Crippen molar-refractivity contribution >= 4 is 38.9 Å². The summed E-state index contributed by atoms with van der Waals surface area (Å²) in [6, 6.07) is 11.0. The van der Waals surface area contributed by atoms with Crippen LogP contribution in [0.5, 0.6) is 0 Å². The molecule has 1 aromatic carbocycles. The maximum Gasteiger partial charge on any atom is 0.258 e. The Bertz CT molecular complexity index is 908. The van der Waals surface area contributed by atoms with Crippen LogP contribution < -0.4 is 10.9 Å². The fourth-order valence-electron chi connectivity index (χ4n) is 2.16. The smallest absolute Gasteiger partial charge is 0.258 e. The molecule has 2 aromatic heterocycles. The van der Waals surface area contributed by atoms with Gasteiger partial charge < -0.3 is 5.32 Å². The summed E-state index contributed by atoms with van der Waals surface area (Å²) in [6.45, 7) is 2.51. The number of aromatic nitrogens is 2. The van der Waals surface area contributed by atoms with E-state index in [0.717, 1.165) is 15.7 Å². The normalized spacial score (nSPS) is 10.9. The Morgan fingerprint density at radius 3 is 2.86 bits per heavy atom. The Hall–Kier alpha value is -1.85. The van der Waals surface area contributed by atoms with Gasteiger partial charge in [-0.15, -0.1) is 0 Å². The zero-order valence-corrected chi connectivity index (χ0v) is 14.1. The van der Waals surface area contributed by atoms with Crippen LogP contribution in [0.4, 0.5) is 5.69 Å². The molecule has 6 heteroatoms. The van der Waals surface area contributed by atoms with Gasteiger partial charge in [0.25, 0.3) is 5.56 Å². The van der Waals surface area contributed by atoms with Gasteiger partial charge in [-0.25, -0.2) is 4.98 Å². The second kappa shape index (κ2) is 6.10. The SMILES string of the molecule is Cc1cc(NCc2cc(=O)n3cc(Cl)ccc3n2)ccc1Br. The molecule has 0 amide bonds. The quantitative estimate of drug-likeness (QED) is 0.748. The first-order chi connectivity index (χ1) is 10.5. The Morgan fingerprint density at radius 1 is 1.27 bits per heavy atom. The van der Waals surface area contributed by atoms with Crippen LogP contribution in [0.25, 0.3) is 5.65 Å². The van der Waals surface area contributed by atoms with Crippen molar-refractivity contribution in [1.29, 1.82) is 0 Å². The molecular formula is C16H13BrClN3O. The van der Waals surface area contributed by atoms with Gasteiger partial charge in [0.15, 0.2) is 0 Å². The second-order valence-electron chi connectivity index (χ2n) is 4.98. The van der Waals surface area contributed by atoms with E-state index in [0.29, 0.717) is 22.9 Å². The summed E-state index contributed by atoms with van der Waals surface area (Å²) in [5.41, 5.74) is 3.26. The van der Waals surface area contributed by atoms with E-state index in [1.165, 1.54) is 10.5 Å². The fourth-order valence-corrected chi connectivity index (χ4v) is 2.57. The number of rotatable bonds is 3. The van der Waals surface area contributed by atoms with Crippen molar-refractivity contribution in [2.24, 2.45) is 0 Å². The summed E-state index contributed by atoms with van der Waals surface area (Å²) in [5.74, 6) is 0. The summed E-state index contributed by atoms with van der Waals surface area (Å²) < 4.78 is 2.51. The maximum absolute atomic E-state index is 12.1. The molecule has 0 saturated heterocycles. The van der Waals surface area contributed by atoms with Crippen molar-refractivity contribution < 1.29 is 0 Å². The summed E-state index contributed by atoms with van der Waals surface area (Å²) >= 11 is 9.37. The molecule has 0 unspecified atom stereocenters. The second-order valence-corrected chi connectivity index (χ2v) is 6.27. The highest BCUT2D eigenvalue weighted by Crippen LogP contribution is 2.20. The van der Waals surface area contributed by atoms with Crippen LogP contribution in [-0.4, -0.2) is 9.38 Å². The molecule has 0 aliphatic heterocycles.